The van der Waals surface area contributed by atoms with Gasteiger partial charge in [0.05, 0.1) is 11.2 Å². The number of phenolic OH excluding ortho intramolecular Hbond substituents is 1. The van der Waals surface area contributed by atoms with Gasteiger partial charge in [0.1, 0.15) is 17.3 Å². The highest BCUT2D eigenvalue weighted by Crippen LogP contribution is 2.24. The predicted octanol–water partition coefficient (Wildman–Crippen LogP) is 4.01. The van der Waals surface area contributed by atoms with Crippen LogP contribution in [0.5, 0.6) is 5.75 Å². The van der Waals surface area contributed by atoms with Crippen molar-refractivity contribution in [2.45, 2.75) is 45.2 Å². The molecule has 0 aliphatic carbocycles. The van der Waals surface area contributed by atoms with E-state index in [0.717, 1.165) is 24.9 Å². The zero-order chi connectivity index (χ0) is 20.3. The topological polar surface area (TPSA) is 78.4 Å². The lowest BCUT2D eigenvalue weighted by molar-refractivity contribution is 0.0895. The van der Waals surface area contributed by atoms with Crippen molar-refractivity contribution in [1.29, 1.82) is 0 Å². The molecule has 1 aliphatic heterocycles. The normalized spacial score (nSPS) is 17.7. The Morgan fingerprint density at radius 2 is 2.18 bits per heavy atom. The number of nitrogens with one attached hydrogen (secondary N) is 1. The van der Waals surface area contributed by atoms with Gasteiger partial charge in [0.15, 0.2) is 0 Å². The Morgan fingerprint density at radius 3 is 2.93 bits per heavy atom. The van der Waals surface area contributed by atoms with Crippen LogP contribution in [0.1, 0.15) is 54.5 Å². The van der Waals surface area contributed by atoms with Crippen LogP contribution in [0.3, 0.4) is 0 Å². The molecule has 1 saturated heterocycles. The van der Waals surface area contributed by atoms with E-state index in [0.29, 0.717) is 23.9 Å². The number of aromatic hydroxyl groups is 1. The first-order chi connectivity index (χ1) is 13.3. The van der Waals surface area contributed by atoms with Gasteiger partial charge in [0.25, 0.3) is 5.91 Å². The van der Waals surface area contributed by atoms with E-state index in [2.05, 4.69) is 20.2 Å². The van der Waals surface area contributed by atoms with Crippen LogP contribution in [0.2, 0.25) is 10.0 Å². The lowest BCUT2D eigenvalue weighted by Gasteiger charge is -2.33. The van der Waals surface area contributed by atoms with Crippen molar-refractivity contribution in [1.82, 2.24) is 20.2 Å². The molecular weight excluding hydrogens is 399 g/mol. The van der Waals surface area contributed by atoms with Gasteiger partial charge in [-0.15, -0.1) is 0 Å². The van der Waals surface area contributed by atoms with Crippen molar-refractivity contribution >= 4 is 29.1 Å². The highest BCUT2D eigenvalue weighted by atomic mass is 35.5. The number of rotatable bonds is 5. The summed E-state index contributed by atoms with van der Waals surface area (Å²) in [7, 11) is 0. The molecule has 1 amide bonds. The van der Waals surface area contributed by atoms with Crippen LogP contribution in [0.25, 0.3) is 0 Å². The molecule has 2 aromatic rings. The Bertz CT molecular complexity index is 860. The number of phenols is 1. The first-order valence-electron chi connectivity index (χ1n) is 9.36. The monoisotopic (exact) mass is 422 g/mol. The molecule has 2 N–H and O–H groups in total. The van der Waals surface area contributed by atoms with Gasteiger partial charge in [-0.1, -0.05) is 37.0 Å². The van der Waals surface area contributed by atoms with Crippen LogP contribution < -0.4 is 5.32 Å². The molecule has 1 aliphatic rings. The molecule has 1 atom stereocenters. The number of carbonyl (C=O) groups is 1. The maximum absolute atomic E-state index is 12.7. The summed E-state index contributed by atoms with van der Waals surface area (Å²) in [6.45, 7) is 6.08. The van der Waals surface area contributed by atoms with Gasteiger partial charge in [-0.2, -0.15) is 0 Å². The van der Waals surface area contributed by atoms with Crippen molar-refractivity contribution in [3.8, 4) is 5.75 Å². The number of amides is 1. The van der Waals surface area contributed by atoms with Gasteiger partial charge < -0.3 is 10.4 Å². The summed E-state index contributed by atoms with van der Waals surface area (Å²) in [5.41, 5.74) is 0.991. The quantitative estimate of drug-likeness (QED) is 0.760. The summed E-state index contributed by atoms with van der Waals surface area (Å²) in [6.07, 6.45) is 3.30. The smallest absolute Gasteiger partial charge is 0.271 e. The van der Waals surface area contributed by atoms with E-state index in [1.54, 1.807) is 18.2 Å². The van der Waals surface area contributed by atoms with E-state index in [1.807, 2.05) is 13.8 Å². The van der Waals surface area contributed by atoms with Crippen molar-refractivity contribution in [3.05, 3.63) is 51.5 Å². The first kappa shape index (κ1) is 20.8. The number of hydrogen-bond acceptors (Lipinski definition) is 5. The van der Waals surface area contributed by atoms with Crippen LogP contribution in [0, 0.1) is 0 Å². The van der Waals surface area contributed by atoms with E-state index in [1.165, 1.54) is 6.20 Å². The molecule has 0 spiro atoms. The summed E-state index contributed by atoms with van der Waals surface area (Å²) >= 11 is 12.2. The minimum Gasteiger partial charge on any atom is -0.508 e. The number of aromatic nitrogens is 2. The lowest BCUT2D eigenvalue weighted by atomic mass is 10.0. The second-order valence-corrected chi connectivity index (χ2v) is 8.24. The highest BCUT2D eigenvalue weighted by Gasteiger charge is 2.24. The molecular formula is C20H24Cl2N4O2. The third-order valence-corrected chi connectivity index (χ3v) is 5.28. The summed E-state index contributed by atoms with van der Waals surface area (Å²) in [4.78, 5) is 23.4. The van der Waals surface area contributed by atoms with Crippen LogP contribution in [-0.2, 0) is 6.54 Å². The second-order valence-electron chi connectivity index (χ2n) is 7.40. The van der Waals surface area contributed by atoms with Gasteiger partial charge in [-0.3, -0.25) is 9.69 Å². The fourth-order valence-electron chi connectivity index (χ4n) is 3.31. The molecule has 0 saturated carbocycles. The molecule has 2 heterocycles. The highest BCUT2D eigenvalue weighted by molar-refractivity contribution is 6.33. The third kappa shape index (κ3) is 5.13. The Balaban J connectivity index is 1.65. The minimum atomic E-state index is -0.285. The molecule has 6 nitrogen and oxygen atoms in total. The number of piperidine rings is 1. The Labute approximate surface area is 174 Å². The molecule has 28 heavy (non-hydrogen) atoms. The lowest BCUT2D eigenvalue weighted by Crippen LogP contribution is -2.47. The van der Waals surface area contributed by atoms with Crippen LogP contribution in [0.4, 0.5) is 0 Å². The van der Waals surface area contributed by atoms with Crippen molar-refractivity contribution < 1.29 is 9.90 Å². The summed E-state index contributed by atoms with van der Waals surface area (Å²) < 4.78 is 0. The number of hydrogen-bond donors (Lipinski definition) is 2. The summed E-state index contributed by atoms with van der Waals surface area (Å²) in [5.74, 6) is 0.645. The summed E-state index contributed by atoms with van der Waals surface area (Å²) in [5, 5.41) is 13.9. The fourth-order valence-corrected chi connectivity index (χ4v) is 3.68. The zero-order valence-electron chi connectivity index (χ0n) is 16.0. The minimum absolute atomic E-state index is 0.0175. The van der Waals surface area contributed by atoms with Crippen LogP contribution in [-0.4, -0.2) is 45.0 Å². The summed E-state index contributed by atoms with van der Waals surface area (Å²) in [6, 6.07) is 5.02. The van der Waals surface area contributed by atoms with E-state index in [9.17, 15) is 9.90 Å². The Kier molecular flexibility index (Phi) is 6.75. The largest absolute Gasteiger partial charge is 0.508 e. The Hall–Kier alpha value is -1.89. The van der Waals surface area contributed by atoms with Crippen molar-refractivity contribution in [3.63, 3.8) is 0 Å². The van der Waals surface area contributed by atoms with Gasteiger partial charge in [-0.05, 0) is 37.6 Å². The van der Waals surface area contributed by atoms with Gasteiger partial charge in [0, 0.05) is 35.6 Å². The third-order valence-electron chi connectivity index (χ3n) is 4.77. The van der Waals surface area contributed by atoms with E-state index in [-0.39, 0.29) is 34.3 Å². The van der Waals surface area contributed by atoms with E-state index < -0.39 is 0 Å². The van der Waals surface area contributed by atoms with Crippen molar-refractivity contribution in [2.24, 2.45) is 0 Å². The predicted molar refractivity (Wildman–Crippen MR) is 110 cm³/mol. The van der Waals surface area contributed by atoms with Crippen LogP contribution >= 0.6 is 23.2 Å². The maximum Gasteiger partial charge on any atom is 0.271 e. The molecule has 0 radical (unpaired) electrons. The molecule has 0 bridgehead atoms. The maximum atomic E-state index is 12.7. The van der Waals surface area contributed by atoms with Crippen molar-refractivity contribution in [2.75, 3.05) is 13.1 Å². The molecule has 0 unspecified atom stereocenters. The van der Waals surface area contributed by atoms with Gasteiger partial charge in [0.2, 0.25) is 0 Å². The molecule has 1 fully saturated rings. The first-order valence-corrected chi connectivity index (χ1v) is 10.1. The number of carbonyl (C=O) groups excluding carboxylic acids is 1. The number of likely N-dealkylation sites (tertiary alicyclic amines) is 1. The molecule has 8 heteroatoms. The number of benzene rings is 1. The number of nitrogens with zero attached hydrogens (tertiary/aromatic N) is 3. The average molecular weight is 423 g/mol. The molecule has 1 aromatic heterocycles. The average Bonchev–Trinajstić information content (AvgIpc) is 2.65. The number of halogens is 2. The van der Waals surface area contributed by atoms with Gasteiger partial charge in [-0.25, -0.2) is 9.97 Å². The van der Waals surface area contributed by atoms with E-state index >= 15 is 0 Å². The molecule has 150 valence electrons. The molecule has 1 aromatic carbocycles. The molecule has 3 rings (SSSR count). The Morgan fingerprint density at radius 1 is 1.39 bits per heavy atom. The second kappa shape index (κ2) is 9.07. The fraction of sp³-hybridized carbons (Fsp3) is 0.450. The van der Waals surface area contributed by atoms with Crippen LogP contribution in [0.15, 0.2) is 24.4 Å². The zero-order valence-corrected chi connectivity index (χ0v) is 17.5. The van der Waals surface area contributed by atoms with E-state index in [4.69, 9.17) is 23.2 Å². The SMILES string of the molecule is CC(C)c1ncc(Cl)c(C(=O)N[C@H]2CCCN(Cc3cc(Cl)ccc3O)C2)n1. The standard InChI is InChI=1S/C20H24Cl2N4O2/c1-12(2)19-23-9-16(22)18(25-19)20(28)24-15-4-3-7-26(11-15)10-13-8-14(21)5-6-17(13)27/h5-6,8-9,12,15,27H,3-4,7,10-11H2,1-2H3,(H,24,28)/t15-/m0/s1. The van der Waals surface area contributed by atoms with Gasteiger partial charge >= 0.3 is 0 Å².